The van der Waals surface area contributed by atoms with E-state index in [4.69, 9.17) is 10.8 Å². The zero-order chi connectivity index (χ0) is 13.6. The van der Waals surface area contributed by atoms with Gasteiger partial charge in [0, 0.05) is 17.6 Å². The molecule has 0 aliphatic carbocycles. The van der Waals surface area contributed by atoms with E-state index in [2.05, 4.69) is 20.7 Å². The van der Waals surface area contributed by atoms with Gasteiger partial charge in [-0.15, -0.1) is 0 Å². The molecule has 0 aliphatic heterocycles. The minimum atomic E-state index is -3.57. The molecule has 7 heteroatoms. The van der Waals surface area contributed by atoms with Gasteiger partial charge in [-0.3, -0.25) is 0 Å². The van der Waals surface area contributed by atoms with Gasteiger partial charge in [-0.1, -0.05) is 15.9 Å². The van der Waals surface area contributed by atoms with Crippen molar-refractivity contribution in [2.45, 2.75) is 24.2 Å². The van der Waals surface area contributed by atoms with Crippen molar-refractivity contribution < 1.29 is 13.5 Å². The van der Waals surface area contributed by atoms with Crippen LogP contribution in [0.1, 0.15) is 19.3 Å². The molecule has 0 heterocycles. The van der Waals surface area contributed by atoms with Crippen LogP contribution in [0.4, 0.5) is 5.69 Å². The van der Waals surface area contributed by atoms with Crippen molar-refractivity contribution in [3.8, 4) is 0 Å². The molecule has 0 amide bonds. The topological polar surface area (TPSA) is 92.4 Å². The summed E-state index contributed by atoms with van der Waals surface area (Å²) in [6.45, 7) is 0.472. The lowest BCUT2D eigenvalue weighted by Gasteiger charge is -2.09. The van der Waals surface area contributed by atoms with E-state index < -0.39 is 10.0 Å². The molecule has 18 heavy (non-hydrogen) atoms. The van der Waals surface area contributed by atoms with Crippen LogP contribution in [0.25, 0.3) is 0 Å². The van der Waals surface area contributed by atoms with Crippen LogP contribution in [0.5, 0.6) is 0 Å². The van der Waals surface area contributed by atoms with Gasteiger partial charge >= 0.3 is 0 Å². The number of unbranched alkanes of at least 4 members (excludes halogenated alkanes) is 2. The fourth-order valence-corrected chi connectivity index (χ4v) is 3.18. The smallest absolute Gasteiger partial charge is 0.242 e. The summed E-state index contributed by atoms with van der Waals surface area (Å²) in [4.78, 5) is 0.0824. The number of nitrogens with two attached hydrogens (primary N) is 1. The third-order valence-corrected chi connectivity index (χ3v) is 4.40. The number of halogens is 1. The van der Waals surface area contributed by atoms with Crippen LogP contribution in [0.15, 0.2) is 27.6 Å². The fourth-order valence-electron chi connectivity index (χ4n) is 1.44. The van der Waals surface area contributed by atoms with E-state index >= 15 is 0 Å². The maximum atomic E-state index is 12.0. The molecular weight excluding hydrogens is 320 g/mol. The first-order valence-corrected chi connectivity index (χ1v) is 7.90. The maximum Gasteiger partial charge on any atom is 0.242 e. The molecule has 5 nitrogen and oxygen atoms in total. The van der Waals surface area contributed by atoms with Gasteiger partial charge in [0.15, 0.2) is 0 Å². The number of nitrogens with one attached hydrogen (secondary N) is 1. The summed E-state index contributed by atoms with van der Waals surface area (Å²) in [6.07, 6.45) is 2.15. The lowest BCUT2D eigenvalue weighted by molar-refractivity contribution is 0.283. The zero-order valence-corrected chi connectivity index (χ0v) is 12.3. The van der Waals surface area contributed by atoms with E-state index in [0.717, 1.165) is 6.42 Å². The molecular formula is C11H17BrN2O3S. The number of aliphatic hydroxyl groups is 1. The Hall–Kier alpha value is -0.630. The van der Waals surface area contributed by atoms with Gasteiger partial charge in [0.25, 0.3) is 0 Å². The summed E-state index contributed by atoms with van der Waals surface area (Å²) in [5.41, 5.74) is 5.88. The number of rotatable bonds is 7. The van der Waals surface area contributed by atoms with Crippen molar-refractivity contribution in [3.05, 3.63) is 22.7 Å². The van der Waals surface area contributed by atoms with Crippen LogP contribution in [-0.4, -0.2) is 26.7 Å². The largest absolute Gasteiger partial charge is 0.398 e. The van der Waals surface area contributed by atoms with Gasteiger partial charge < -0.3 is 10.8 Å². The summed E-state index contributed by atoms with van der Waals surface area (Å²) in [5.74, 6) is 0. The lowest BCUT2D eigenvalue weighted by Crippen LogP contribution is -2.25. The van der Waals surface area contributed by atoms with Crippen LogP contribution in [0.3, 0.4) is 0 Å². The molecule has 0 saturated heterocycles. The van der Waals surface area contributed by atoms with Gasteiger partial charge in [-0.2, -0.15) is 0 Å². The molecule has 0 fully saturated rings. The lowest BCUT2D eigenvalue weighted by atomic mass is 10.2. The van der Waals surface area contributed by atoms with Crippen LogP contribution < -0.4 is 10.5 Å². The number of benzene rings is 1. The molecule has 0 radical (unpaired) electrons. The summed E-state index contributed by atoms with van der Waals surface area (Å²) in [5, 5.41) is 8.61. The highest BCUT2D eigenvalue weighted by Gasteiger charge is 2.16. The van der Waals surface area contributed by atoms with E-state index in [1.165, 1.54) is 6.07 Å². The molecule has 1 aromatic rings. The summed E-state index contributed by atoms with van der Waals surface area (Å²) in [6, 6.07) is 4.71. The van der Waals surface area contributed by atoms with Crippen molar-refractivity contribution in [2.24, 2.45) is 0 Å². The van der Waals surface area contributed by atoms with Crippen molar-refractivity contribution in [3.63, 3.8) is 0 Å². The third kappa shape index (κ3) is 4.56. The SMILES string of the molecule is Nc1ccc(Br)cc1S(=O)(=O)NCCCCCO. The third-order valence-electron chi connectivity index (χ3n) is 2.39. The molecule has 1 rings (SSSR count). The van der Waals surface area contributed by atoms with E-state index in [9.17, 15) is 8.42 Å². The monoisotopic (exact) mass is 336 g/mol. The number of sulfonamides is 1. The maximum absolute atomic E-state index is 12.0. The molecule has 0 aliphatic rings. The second-order valence-corrected chi connectivity index (χ2v) is 6.52. The zero-order valence-electron chi connectivity index (χ0n) is 9.89. The highest BCUT2D eigenvalue weighted by atomic mass is 79.9. The quantitative estimate of drug-likeness (QED) is 0.519. The minimum absolute atomic E-state index is 0.0824. The van der Waals surface area contributed by atoms with Gasteiger partial charge in [0.1, 0.15) is 4.90 Å². The predicted octanol–water partition coefficient (Wildman–Crippen LogP) is 1.47. The van der Waals surface area contributed by atoms with Crippen molar-refractivity contribution in [1.29, 1.82) is 0 Å². The molecule has 0 bridgehead atoms. The predicted molar refractivity (Wildman–Crippen MR) is 74.7 cm³/mol. The van der Waals surface area contributed by atoms with Crippen molar-refractivity contribution >= 4 is 31.6 Å². The standard InChI is InChI=1S/C11H17BrN2O3S/c12-9-4-5-10(13)11(8-9)18(16,17)14-6-2-1-3-7-15/h4-5,8,14-15H,1-3,6-7,13H2. The fraction of sp³-hybridized carbons (Fsp3) is 0.455. The van der Waals surface area contributed by atoms with E-state index in [1.807, 2.05) is 0 Å². The molecule has 0 spiro atoms. The van der Waals surface area contributed by atoms with Gasteiger partial charge in [0.2, 0.25) is 10.0 Å². The Labute approximate surface area is 116 Å². The van der Waals surface area contributed by atoms with Gasteiger partial charge in [-0.05, 0) is 37.5 Å². The van der Waals surface area contributed by atoms with Gasteiger partial charge in [-0.25, -0.2) is 13.1 Å². The Bertz CT molecular complexity index is 491. The second kappa shape index (κ2) is 7.08. The van der Waals surface area contributed by atoms with Crippen molar-refractivity contribution in [2.75, 3.05) is 18.9 Å². The molecule has 102 valence electrons. The minimum Gasteiger partial charge on any atom is -0.398 e. The number of aliphatic hydroxyl groups excluding tert-OH is 1. The Morgan fingerprint density at radius 3 is 2.67 bits per heavy atom. The summed E-state index contributed by atoms with van der Waals surface area (Å²) >= 11 is 3.22. The Kier molecular flexibility index (Phi) is 6.07. The molecule has 0 unspecified atom stereocenters. The average Bonchev–Trinajstić information content (AvgIpc) is 2.32. The first-order valence-electron chi connectivity index (χ1n) is 5.63. The summed E-state index contributed by atoms with van der Waals surface area (Å²) in [7, 11) is -3.57. The van der Waals surface area contributed by atoms with E-state index in [0.29, 0.717) is 23.9 Å². The molecule has 4 N–H and O–H groups in total. The molecule has 0 atom stereocenters. The van der Waals surface area contributed by atoms with Gasteiger partial charge in [0.05, 0.1) is 5.69 Å². The van der Waals surface area contributed by atoms with Crippen molar-refractivity contribution in [1.82, 2.24) is 4.72 Å². The number of nitrogen functional groups attached to an aromatic ring is 1. The average molecular weight is 337 g/mol. The van der Waals surface area contributed by atoms with Crippen LogP contribution in [0.2, 0.25) is 0 Å². The summed E-state index contributed by atoms with van der Waals surface area (Å²) < 4.78 is 27.1. The highest BCUT2D eigenvalue weighted by Crippen LogP contribution is 2.22. The Balaban J connectivity index is 2.66. The highest BCUT2D eigenvalue weighted by molar-refractivity contribution is 9.10. The normalized spacial score (nSPS) is 11.7. The van der Waals surface area contributed by atoms with Crippen LogP contribution in [-0.2, 0) is 10.0 Å². The first kappa shape index (κ1) is 15.4. The number of anilines is 1. The van der Waals surface area contributed by atoms with Crippen LogP contribution in [0, 0.1) is 0 Å². The number of hydrogen-bond donors (Lipinski definition) is 3. The first-order chi connectivity index (χ1) is 8.47. The van der Waals surface area contributed by atoms with E-state index in [-0.39, 0.29) is 17.2 Å². The molecule has 1 aromatic carbocycles. The van der Waals surface area contributed by atoms with E-state index in [1.54, 1.807) is 12.1 Å². The molecule has 0 saturated carbocycles. The molecule has 0 aromatic heterocycles. The Morgan fingerprint density at radius 2 is 2.00 bits per heavy atom. The second-order valence-electron chi connectivity index (χ2n) is 3.86. The van der Waals surface area contributed by atoms with Crippen LogP contribution >= 0.6 is 15.9 Å². The Morgan fingerprint density at radius 1 is 1.28 bits per heavy atom. The number of hydrogen-bond acceptors (Lipinski definition) is 4.